The Morgan fingerprint density at radius 2 is 1.85 bits per heavy atom. The van der Waals surface area contributed by atoms with Gasteiger partial charge in [-0.25, -0.2) is 0 Å². The topological polar surface area (TPSA) is 24.5 Å². The summed E-state index contributed by atoms with van der Waals surface area (Å²) in [5, 5.41) is 5.01. The van der Waals surface area contributed by atoms with E-state index in [9.17, 15) is 0 Å². The second-order valence-electron chi connectivity index (χ2n) is 6.68. The van der Waals surface area contributed by atoms with Gasteiger partial charge in [-0.05, 0) is 55.8 Å². The third-order valence-corrected chi connectivity index (χ3v) is 5.74. The molecule has 0 amide bonds. The molecule has 2 aromatic rings. The number of hydrogen-bond donors (Lipinski definition) is 1. The average Bonchev–Trinajstić information content (AvgIpc) is 2.75. The number of benzene rings is 2. The zero-order valence-corrected chi connectivity index (χ0v) is 16.8. The van der Waals surface area contributed by atoms with Crippen LogP contribution in [0.2, 0.25) is 10.0 Å². The van der Waals surface area contributed by atoms with Gasteiger partial charge < -0.3 is 15.0 Å². The molecule has 2 aliphatic rings. The van der Waals surface area contributed by atoms with Crippen molar-refractivity contribution in [3.05, 3.63) is 58.1 Å². The van der Waals surface area contributed by atoms with E-state index < -0.39 is 0 Å². The molecule has 0 aliphatic carbocycles. The summed E-state index contributed by atoms with van der Waals surface area (Å²) < 4.78 is 5.93. The Hall–Kier alpha value is -1.13. The van der Waals surface area contributed by atoms with E-state index >= 15 is 0 Å². The molecule has 2 aromatic carbocycles. The smallest absolute Gasteiger partial charge is 0.119 e. The Morgan fingerprint density at radius 1 is 1.08 bits per heavy atom. The molecule has 1 N–H and O–H groups in total. The Balaban J connectivity index is 0.00000196. The van der Waals surface area contributed by atoms with E-state index in [1.807, 2.05) is 36.4 Å². The minimum absolute atomic E-state index is 0. The zero-order valence-electron chi connectivity index (χ0n) is 14.5. The van der Waals surface area contributed by atoms with Gasteiger partial charge in [0, 0.05) is 27.7 Å². The highest BCUT2D eigenvalue weighted by Crippen LogP contribution is 2.48. The molecule has 6 heteroatoms. The Kier molecular flexibility index (Phi) is 6.57. The van der Waals surface area contributed by atoms with Crippen LogP contribution in [0.15, 0.2) is 42.5 Å². The summed E-state index contributed by atoms with van der Waals surface area (Å²) in [6.07, 6.45) is 2.22. The van der Waals surface area contributed by atoms with Gasteiger partial charge in [0.15, 0.2) is 0 Å². The van der Waals surface area contributed by atoms with Crippen LogP contribution in [0.5, 0.6) is 5.75 Å². The van der Waals surface area contributed by atoms with Gasteiger partial charge in [0.05, 0.1) is 6.54 Å². The molecule has 2 heterocycles. The van der Waals surface area contributed by atoms with Crippen molar-refractivity contribution in [2.75, 3.05) is 31.1 Å². The van der Waals surface area contributed by atoms with Gasteiger partial charge in [-0.2, -0.15) is 0 Å². The van der Waals surface area contributed by atoms with E-state index in [1.165, 1.54) is 11.3 Å². The minimum Gasteiger partial charge on any atom is -0.492 e. The highest BCUT2D eigenvalue weighted by Gasteiger charge is 2.40. The maximum Gasteiger partial charge on any atom is 0.119 e. The number of para-hydroxylation sites is 1. The second-order valence-corrected chi connectivity index (χ2v) is 7.52. The standard InChI is InChI=1S/C20H22Cl2N2O.ClH/c21-14-12-17(22)20-16-6-8-23-9-7-18(16)24(19(20)13-14)10-11-25-15-4-2-1-3-5-15;/h1-5,12-13,16,18,23H,6-11H2;1H. The van der Waals surface area contributed by atoms with Crippen LogP contribution in [0.4, 0.5) is 5.69 Å². The highest BCUT2D eigenvalue weighted by atomic mass is 35.5. The van der Waals surface area contributed by atoms with Gasteiger partial charge in [0.1, 0.15) is 12.4 Å². The van der Waals surface area contributed by atoms with E-state index in [2.05, 4.69) is 16.3 Å². The van der Waals surface area contributed by atoms with Gasteiger partial charge in [0.2, 0.25) is 0 Å². The second kappa shape index (κ2) is 8.71. The van der Waals surface area contributed by atoms with Crippen LogP contribution in [0.3, 0.4) is 0 Å². The molecule has 3 nitrogen and oxygen atoms in total. The maximum atomic E-state index is 6.58. The summed E-state index contributed by atoms with van der Waals surface area (Å²) in [6, 6.07) is 14.4. The van der Waals surface area contributed by atoms with Gasteiger partial charge >= 0.3 is 0 Å². The summed E-state index contributed by atoms with van der Waals surface area (Å²) >= 11 is 12.9. The fourth-order valence-corrected chi connectivity index (χ4v) is 4.78. The molecule has 2 unspecified atom stereocenters. The first-order valence-electron chi connectivity index (χ1n) is 8.88. The number of nitrogens with one attached hydrogen (secondary N) is 1. The largest absolute Gasteiger partial charge is 0.492 e. The molecule has 2 atom stereocenters. The van der Waals surface area contributed by atoms with Crippen molar-refractivity contribution >= 4 is 41.3 Å². The molecule has 0 spiro atoms. The molecular formula is C20H23Cl3N2O. The number of nitrogens with zero attached hydrogens (tertiary/aromatic N) is 1. The van der Waals surface area contributed by atoms with Crippen molar-refractivity contribution in [2.24, 2.45) is 0 Å². The van der Waals surface area contributed by atoms with Crippen molar-refractivity contribution in [2.45, 2.75) is 24.8 Å². The third-order valence-electron chi connectivity index (χ3n) is 5.21. The summed E-state index contributed by atoms with van der Waals surface area (Å²) in [7, 11) is 0. The van der Waals surface area contributed by atoms with Crippen LogP contribution in [0.25, 0.3) is 0 Å². The van der Waals surface area contributed by atoms with E-state index in [4.69, 9.17) is 27.9 Å². The SMILES string of the molecule is Cl.Clc1cc(Cl)c2c(c1)N(CCOc1ccccc1)C1CCNCCC21. The first kappa shape index (κ1) is 19.6. The number of anilines is 1. The van der Waals surface area contributed by atoms with Gasteiger partial charge in [0.25, 0.3) is 0 Å². The number of fused-ring (bicyclic) bond motifs is 3. The van der Waals surface area contributed by atoms with E-state index in [1.54, 1.807) is 0 Å². The minimum atomic E-state index is 0. The lowest BCUT2D eigenvalue weighted by molar-refractivity contribution is 0.317. The van der Waals surface area contributed by atoms with Crippen LogP contribution in [0, 0.1) is 0 Å². The summed E-state index contributed by atoms with van der Waals surface area (Å²) in [5.74, 6) is 1.37. The molecule has 0 aromatic heterocycles. The first-order chi connectivity index (χ1) is 12.2. The van der Waals surface area contributed by atoms with Crippen LogP contribution in [0.1, 0.15) is 24.3 Å². The Labute approximate surface area is 171 Å². The lowest BCUT2D eigenvalue weighted by atomic mass is 9.91. The van der Waals surface area contributed by atoms with Crippen LogP contribution < -0.4 is 15.0 Å². The van der Waals surface area contributed by atoms with Crippen LogP contribution in [-0.4, -0.2) is 32.3 Å². The molecular weight excluding hydrogens is 391 g/mol. The number of ether oxygens (including phenoxy) is 1. The number of halogens is 3. The van der Waals surface area contributed by atoms with Gasteiger partial charge in [-0.15, -0.1) is 12.4 Å². The maximum absolute atomic E-state index is 6.58. The first-order valence-corrected chi connectivity index (χ1v) is 9.64. The molecule has 2 aliphatic heterocycles. The lowest BCUT2D eigenvalue weighted by Crippen LogP contribution is -2.37. The van der Waals surface area contributed by atoms with Gasteiger partial charge in [-0.1, -0.05) is 41.4 Å². The van der Waals surface area contributed by atoms with Gasteiger partial charge in [-0.3, -0.25) is 0 Å². The molecule has 0 saturated carbocycles. The average molecular weight is 414 g/mol. The number of rotatable bonds is 4. The summed E-state index contributed by atoms with van der Waals surface area (Å²) in [4.78, 5) is 2.45. The van der Waals surface area contributed by atoms with E-state index in [0.29, 0.717) is 23.6 Å². The quantitative estimate of drug-likeness (QED) is 0.750. The molecule has 0 radical (unpaired) electrons. The molecule has 1 saturated heterocycles. The fraction of sp³-hybridized carbons (Fsp3) is 0.400. The molecule has 140 valence electrons. The van der Waals surface area contributed by atoms with Crippen molar-refractivity contribution in [3.8, 4) is 5.75 Å². The van der Waals surface area contributed by atoms with Crippen molar-refractivity contribution in [3.63, 3.8) is 0 Å². The molecule has 1 fully saturated rings. The summed E-state index contributed by atoms with van der Waals surface area (Å²) in [6.45, 7) is 3.55. The summed E-state index contributed by atoms with van der Waals surface area (Å²) in [5.41, 5.74) is 2.45. The lowest BCUT2D eigenvalue weighted by Gasteiger charge is -2.29. The van der Waals surface area contributed by atoms with Crippen LogP contribution in [-0.2, 0) is 0 Å². The van der Waals surface area contributed by atoms with Crippen LogP contribution >= 0.6 is 35.6 Å². The third kappa shape index (κ3) is 3.91. The highest BCUT2D eigenvalue weighted by molar-refractivity contribution is 6.35. The van der Waals surface area contributed by atoms with E-state index in [-0.39, 0.29) is 12.4 Å². The predicted molar refractivity (Wildman–Crippen MR) is 112 cm³/mol. The van der Waals surface area contributed by atoms with Crippen molar-refractivity contribution in [1.82, 2.24) is 5.32 Å². The van der Waals surface area contributed by atoms with Crippen molar-refractivity contribution in [1.29, 1.82) is 0 Å². The molecule has 4 rings (SSSR count). The molecule has 0 bridgehead atoms. The monoisotopic (exact) mass is 412 g/mol. The van der Waals surface area contributed by atoms with Crippen molar-refractivity contribution < 1.29 is 4.74 Å². The normalized spacial score (nSPS) is 21.4. The number of hydrogen-bond acceptors (Lipinski definition) is 3. The Bertz CT molecular complexity index is 741. The fourth-order valence-electron chi connectivity index (χ4n) is 4.16. The Morgan fingerprint density at radius 3 is 2.65 bits per heavy atom. The predicted octanol–water partition coefficient (Wildman–Crippen LogP) is 5.15. The zero-order chi connectivity index (χ0) is 17.2. The molecule has 26 heavy (non-hydrogen) atoms. The van der Waals surface area contributed by atoms with E-state index in [0.717, 1.165) is 43.2 Å².